The first-order chi connectivity index (χ1) is 13.5. The molecule has 0 spiro atoms. The molecule has 1 saturated carbocycles. The van der Waals surface area contributed by atoms with Gasteiger partial charge in [-0.25, -0.2) is 9.38 Å². The van der Waals surface area contributed by atoms with E-state index in [1.54, 1.807) is 31.5 Å². The highest BCUT2D eigenvalue weighted by atomic mass is 127. The quantitative estimate of drug-likeness (QED) is 0.313. The Morgan fingerprint density at radius 2 is 1.97 bits per heavy atom. The van der Waals surface area contributed by atoms with E-state index in [4.69, 9.17) is 0 Å². The van der Waals surface area contributed by atoms with Gasteiger partial charge in [-0.1, -0.05) is 24.3 Å². The summed E-state index contributed by atoms with van der Waals surface area (Å²) in [5.41, 5.74) is 0.567. The zero-order valence-electron chi connectivity index (χ0n) is 16.8. The molecule has 1 aliphatic rings. The fourth-order valence-corrected chi connectivity index (χ4v) is 3.77. The standard InChI is InChI=1S/C21H27FN4OS.HI/c1-26(2)19(27)14-24-20(23-12-9-16-6-5-13-28-16)25-15-21(10-11-21)17-7-3-4-8-18(17)22;/h3-8,13H,9-12,14-15H2,1-2H3,(H2,23,24,25);1H. The molecule has 1 aromatic heterocycles. The van der Waals surface area contributed by atoms with Crippen molar-refractivity contribution in [2.45, 2.75) is 24.7 Å². The van der Waals surface area contributed by atoms with Crippen LogP contribution >= 0.6 is 35.3 Å². The number of nitrogens with zero attached hydrogens (tertiary/aromatic N) is 2. The number of benzene rings is 1. The molecule has 2 N–H and O–H groups in total. The van der Waals surface area contributed by atoms with E-state index in [1.165, 1.54) is 15.8 Å². The largest absolute Gasteiger partial charge is 0.356 e. The number of hydrogen-bond donors (Lipinski definition) is 2. The van der Waals surface area contributed by atoms with E-state index < -0.39 is 0 Å². The third-order valence-electron chi connectivity index (χ3n) is 5.01. The maximum Gasteiger partial charge on any atom is 0.243 e. The molecule has 0 bridgehead atoms. The van der Waals surface area contributed by atoms with Gasteiger partial charge in [0.1, 0.15) is 12.4 Å². The van der Waals surface area contributed by atoms with Gasteiger partial charge in [0.2, 0.25) is 5.91 Å². The Balaban J connectivity index is 0.00000300. The molecule has 158 valence electrons. The van der Waals surface area contributed by atoms with Crippen LogP contribution in [0.25, 0.3) is 0 Å². The van der Waals surface area contributed by atoms with E-state index in [2.05, 4.69) is 27.1 Å². The molecule has 5 nitrogen and oxygen atoms in total. The Morgan fingerprint density at radius 1 is 1.21 bits per heavy atom. The lowest BCUT2D eigenvalue weighted by molar-refractivity contribution is -0.127. The van der Waals surface area contributed by atoms with Crippen molar-refractivity contribution in [3.63, 3.8) is 0 Å². The zero-order valence-corrected chi connectivity index (χ0v) is 19.9. The lowest BCUT2D eigenvalue weighted by atomic mass is 9.95. The minimum atomic E-state index is -0.187. The van der Waals surface area contributed by atoms with E-state index in [9.17, 15) is 9.18 Å². The topological polar surface area (TPSA) is 56.7 Å². The Kier molecular flexibility index (Phi) is 8.88. The van der Waals surface area contributed by atoms with E-state index in [0.717, 1.165) is 31.4 Å². The maximum atomic E-state index is 14.2. The van der Waals surface area contributed by atoms with Crippen LogP contribution in [0.2, 0.25) is 0 Å². The Bertz CT molecular complexity index is 822. The molecule has 0 radical (unpaired) electrons. The molecule has 0 aliphatic heterocycles. The minimum absolute atomic E-state index is 0. The van der Waals surface area contributed by atoms with Crippen LogP contribution in [0.4, 0.5) is 4.39 Å². The number of likely N-dealkylation sites (N-methyl/N-ethyl adjacent to an activating group) is 1. The molecule has 3 rings (SSSR count). The molecule has 29 heavy (non-hydrogen) atoms. The highest BCUT2D eigenvalue weighted by Crippen LogP contribution is 2.48. The number of nitrogens with one attached hydrogen (secondary N) is 2. The third kappa shape index (κ3) is 6.67. The molecular formula is C21H28FIN4OS. The maximum absolute atomic E-state index is 14.2. The van der Waals surface area contributed by atoms with Crippen LogP contribution in [-0.2, 0) is 16.6 Å². The van der Waals surface area contributed by atoms with Gasteiger partial charge in [-0.2, -0.15) is 0 Å². The molecule has 0 unspecified atom stereocenters. The number of halogens is 2. The Labute approximate surface area is 192 Å². The van der Waals surface area contributed by atoms with Gasteiger partial charge in [-0.3, -0.25) is 4.79 Å². The normalized spacial score (nSPS) is 14.7. The molecule has 2 aromatic rings. The van der Waals surface area contributed by atoms with Crippen molar-refractivity contribution in [3.8, 4) is 0 Å². The highest BCUT2D eigenvalue weighted by Gasteiger charge is 2.45. The van der Waals surface area contributed by atoms with Gasteiger partial charge < -0.3 is 15.5 Å². The molecule has 8 heteroatoms. The zero-order chi connectivity index (χ0) is 20.0. The number of carbonyl (C=O) groups excluding carboxylic acids is 1. The second kappa shape index (κ2) is 10.9. The number of rotatable bonds is 8. The van der Waals surface area contributed by atoms with Crippen molar-refractivity contribution in [2.24, 2.45) is 4.99 Å². The number of amides is 1. The lowest BCUT2D eigenvalue weighted by Gasteiger charge is -2.20. The summed E-state index contributed by atoms with van der Waals surface area (Å²) in [5, 5.41) is 8.69. The summed E-state index contributed by atoms with van der Waals surface area (Å²) >= 11 is 1.72. The molecule has 1 aliphatic carbocycles. The van der Waals surface area contributed by atoms with Crippen LogP contribution in [0.1, 0.15) is 23.3 Å². The predicted molar refractivity (Wildman–Crippen MR) is 128 cm³/mol. The van der Waals surface area contributed by atoms with Crippen molar-refractivity contribution in [1.29, 1.82) is 0 Å². The van der Waals surface area contributed by atoms with Crippen molar-refractivity contribution >= 4 is 47.2 Å². The SMILES string of the molecule is CN(C)C(=O)CN=C(NCCc1cccs1)NCC1(c2ccccc2F)CC1.I. The number of aliphatic imine (C=N–C) groups is 1. The van der Waals surface area contributed by atoms with Crippen molar-refractivity contribution in [1.82, 2.24) is 15.5 Å². The van der Waals surface area contributed by atoms with Crippen molar-refractivity contribution < 1.29 is 9.18 Å². The van der Waals surface area contributed by atoms with Gasteiger partial charge in [0, 0.05) is 37.5 Å². The van der Waals surface area contributed by atoms with Gasteiger partial charge >= 0.3 is 0 Å². The first kappa shape index (κ1) is 23.6. The van der Waals surface area contributed by atoms with Gasteiger partial charge in [-0.05, 0) is 42.3 Å². The van der Waals surface area contributed by atoms with Crippen molar-refractivity contribution in [3.05, 3.63) is 58.0 Å². The number of guanidine groups is 1. The summed E-state index contributed by atoms with van der Waals surface area (Å²) in [5.74, 6) is 0.373. The van der Waals surface area contributed by atoms with Crippen LogP contribution in [0, 0.1) is 5.82 Å². The summed E-state index contributed by atoms with van der Waals surface area (Å²) < 4.78 is 14.2. The molecular weight excluding hydrogens is 502 g/mol. The third-order valence-corrected chi connectivity index (χ3v) is 5.94. The van der Waals surface area contributed by atoms with E-state index in [0.29, 0.717) is 12.5 Å². The fraction of sp³-hybridized carbons (Fsp3) is 0.429. The second-order valence-electron chi connectivity index (χ2n) is 7.32. The smallest absolute Gasteiger partial charge is 0.243 e. The van der Waals surface area contributed by atoms with Crippen LogP contribution in [0.3, 0.4) is 0 Å². The molecule has 1 fully saturated rings. The van der Waals surface area contributed by atoms with Crippen LogP contribution in [0.15, 0.2) is 46.8 Å². The molecule has 1 aromatic carbocycles. The summed E-state index contributed by atoms with van der Waals surface area (Å²) in [6.45, 7) is 1.39. The highest BCUT2D eigenvalue weighted by molar-refractivity contribution is 14.0. The molecule has 0 atom stereocenters. The van der Waals surface area contributed by atoms with E-state index in [1.807, 2.05) is 18.2 Å². The van der Waals surface area contributed by atoms with Gasteiger partial charge in [0.15, 0.2) is 5.96 Å². The Morgan fingerprint density at radius 3 is 2.59 bits per heavy atom. The summed E-state index contributed by atoms with van der Waals surface area (Å²) in [4.78, 5) is 19.1. The molecule has 1 heterocycles. The number of carbonyl (C=O) groups is 1. The minimum Gasteiger partial charge on any atom is -0.356 e. The second-order valence-corrected chi connectivity index (χ2v) is 8.36. The predicted octanol–water partition coefficient (Wildman–Crippen LogP) is 3.40. The lowest BCUT2D eigenvalue weighted by Crippen LogP contribution is -2.43. The van der Waals surface area contributed by atoms with Gasteiger partial charge in [0.25, 0.3) is 0 Å². The van der Waals surface area contributed by atoms with Gasteiger partial charge in [0.05, 0.1) is 0 Å². The van der Waals surface area contributed by atoms with E-state index in [-0.39, 0.29) is 47.7 Å². The average molecular weight is 530 g/mol. The number of hydrogen-bond acceptors (Lipinski definition) is 3. The molecule has 0 saturated heterocycles. The first-order valence-electron chi connectivity index (χ1n) is 9.50. The van der Waals surface area contributed by atoms with Crippen LogP contribution in [0.5, 0.6) is 0 Å². The first-order valence-corrected chi connectivity index (χ1v) is 10.4. The average Bonchev–Trinajstić information content (AvgIpc) is 3.28. The van der Waals surface area contributed by atoms with E-state index >= 15 is 0 Å². The summed E-state index contributed by atoms with van der Waals surface area (Å²) in [6, 6.07) is 11.1. The number of thiophene rings is 1. The Hall–Kier alpha value is -1.68. The van der Waals surface area contributed by atoms with Gasteiger partial charge in [-0.15, -0.1) is 35.3 Å². The van der Waals surface area contributed by atoms with Crippen LogP contribution < -0.4 is 10.6 Å². The molecule has 1 amide bonds. The summed E-state index contributed by atoms with van der Waals surface area (Å²) in [6.07, 6.45) is 2.78. The van der Waals surface area contributed by atoms with Crippen molar-refractivity contribution in [2.75, 3.05) is 33.7 Å². The monoisotopic (exact) mass is 530 g/mol. The fourth-order valence-electron chi connectivity index (χ4n) is 3.06. The van der Waals surface area contributed by atoms with Crippen LogP contribution in [-0.4, -0.2) is 50.5 Å². The summed E-state index contributed by atoms with van der Waals surface area (Å²) in [7, 11) is 3.43.